The van der Waals surface area contributed by atoms with Gasteiger partial charge in [0.25, 0.3) is 0 Å². The molecule has 0 radical (unpaired) electrons. The number of hydrogen-bond donors (Lipinski definition) is 2. The van der Waals surface area contributed by atoms with Gasteiger partial charge in [-0.15, -0.1) is 0 Å². The first-order valence-electron chi connectivity index (χ1n) is 3.62. The van der Waals surface area contributed by atoms with Gasteiger partial charge in [0.1, 0.15) is 0 Å². The zero-order valence-corrected chi connectivity index (χ0v) is 10.1. The normalized spacial score (nSPS) is 8.33. The first-order valence-corrected chi connectivity index (χ1v) is 8.24. The third-order valence-electron chi connectivity index (χ3n) is 1.25. The Bertz CT molecular complexity index is 223. The molecular weight excluding hydrogens is 203 g/mol. The van der Waals surface area contributed by atoms with Crippen molar-refractivity contribution in [2.24, 2.45) is 0 Å². The van der Waals surface area contributed by atoms with Crippen LogP contribution in [0.15, 0.2) is 30.3 Å². The van der Waals surface area contributed by atoms with Gasteiger partial charge in [0.15, 0.2) is 0 Å². The van der Waals surface area contributed by atoms with Gasteiger partial charge in [-0.25, -0.2) is 0 Å². The van der Waals surface area contributed by atoms with Crippen LogP contribution < -0.4 is 1.66 Å². The summed E-state index contributed by atoms with van der Waals surface area (Å²) in [6, 6.07) is 10.7. The molecule has 1 rings (SSSR count). The van der Waals surface area contributed by atoms with Gasteiger partial charge in [0.05, 0.1) is 0 Å². The second-order valence-corrected chi connectivity index (χ2v) is 5.07. The van der Waals surface area contributed by atoms with E-state index in [1.807, 2.05) is 0 Å². The fraction of sp³-hybridized carbons (Fsp3) is 0.143. The predicted octanol–water partition coefficient (Wildman–Crippen LogP) is 0.425. The first-order chi connectivity index (χ1) is 5.66. The van der Waals surface area contributed by atoms with Crippen molar-refractivity contribution in [1.29, 1.82) is 0 Å². The minimum absolute atomic E-state index is 0.276. The summed E-state index contributed by atoms with van der Waals surface area (Å²) in [6.07, 6.45) is 0. The van der Waals surface area contributed by atoms with Crippen molar-refractivity contribution in [3.8, 4) is 0 Å². The molecule has 0 bridgehead atoms. The van der Waals surface area contributed by atoms with Gasteiger partial charge in [-0.1, -0.05) is 0 Å². The summed E-state index contributed by atoms with van der Waals surface area (Å²) in [5.74, 6) is 0. The molecule has 0 aromatic heterocycles. The molecule has 0 heterocycles. The van der Waals surface area contributed by atoms with Crippen LogP contribution in [0.2, 0.25) is 3.02 Å². The monoisotopic (exact) mass is 214 g/mol. The molecule has 5 heteroatoms. The van der Waals surface area contributed by atoms with E-state index in [0.717, 1.165) is 0 Å². The van der Waals surface area contributed by atoms with E-state index in [2.05, 4.69) is 33.4 Å². The van der Waals surface area contributed by atoms with Crippen LogP contribution in [0.25, 0.3) is 0 Å². The van der Waals surface area contributed by atoms with Gasteiger partial charge in [-0.3, -0.25) is 4.57 Å². The molecule has 1 aromatic carbocycles. The van der Waals surface area contributed by atoms with Crippen molar-refractivity contribution in [2.45, 2.75) is 3.02 Å². The molecule has 0 atom stereocenters. The zero-order valence-electron chi connectivity index (χ0n) is 6.90. The summed E-state index contributed by atoms with van der Waals surface area (Å²) in [5.41, 5.74) is 0. The van der Waals surface area contributed by atoms with E-state index in [1.165, 1.54) is 0 Å². The van der Waals surface area contributed by atoms with Crippen molar-refractivity contribution in [1.82, 2.24) is 0 Å². The molecule has 64 valence electrons. The number of benzene rings is 1. The molecule has 0 amide bonds. The average Bonchev–Trinajstić information content (AvgIpc) is 2.05. The van der Waals surface area contributed by atoms with Crippen LogP contribution in [-0.4, -0.2) is 43.6 Å². The molecule has 0 aliphatic rings. The standard InChI is InChI=1S/C6H5.CH3.Ca.H3O3P/c1-2-4-6-5-3-1;;;1-4(2)3/h1-5H;1H3;;4H,(H2,1,2,3). The van der Waals surface area contributed by atoms with Crippen molar-refractivity contribution < 1.29 is 14.4 Å². The summed E-state index contributed by atoms with van der Waals surface area (Å²) in [5, 5.41) is 0. The van der Waals surface area contributed by atoms with Crippen molar-refractivity contribution in [3.63, 3.8) is 0 Å². The molecule has 0 aliphatic carbocycles. The summed E-state index contributed by atoms with van der Waals surface area (Å²) >= 11 is -0.276. The molecule has 0 aliphatic heterocycles. The molecular formula is C7H11CaO3P. The Morgan fingerprint density at radius 2 is 1.67 bits per heavy atom. The second-order valence-electron chi connectivity index (χ2n) is 2.12. The van der Waals surface area contributed by atoms with E-state index in [4.69, 9.17) is 14.4 Å². The van der Waals surface area contributed by atoms with E-state index in [1.54, 1.807) is 1.66 Å². The SMILES string of the molecule is O=[PH](O)O.[CH3][Ca][c]1ccccc1. The zero-order chi connectivity index (χ0) is 9.40. The van der Waals surface area contributed by atoms with Crippen LogP contribution >= 0.6 is 8.25 Å². The summed E-state index contributed by atoms with van der Waals surface area (Å²) < 4.78 is 12.7. The Hall–Kier alpha value is 0.630. The Kier molecular flexibility index (Phi) is 8.67. The topological polar surface area (TPSA) is 57.5 Å². The Morgan fingerprint density at radius 3 is 1.92 bits per heavy atom. The maximum atomic E-state index is 8.74. The summed E-state index contributed by atoms with van der Waals surface area (Å²) in [4.78, 5) is 14.3. The summed E-state index contributed by atoms with van der Waals surface area (Å²) in [7, 11) is -3.13. The first kappa shape index (κ1) is 12.6. The van der Waals surface area contributed by atoms with E-state index in [0.29, 0.717) is 0 Å². The predicted molar refractivity (Wildman–Crippen MR) is 51.1 cm³/mol. The van der Waals surface area contributed by atoms with Gasteiger partial charge in [0, 0.05) is 0 Å². The molecule has 3 nitrogen and oxygen atoms in total. The Balaban J connectivity index is 0.000000261. The molecule has 0 saturated heterocycles. The van der Waals surface area contributed by atoms with Gasteiger partial charge >= 0.3 is 77.1 Å². The van der Waals surface area contributed by atoms with Crippen molar-refractivity contribution in [3.05, 3.63) is 30.3 Å². The summed E-state index contributed by atoms with van der Waals surface area (Å²) in [6.45, 7) is 0. The van der Waals surface area contributed by atoms with Crippen LogP contribution in [0.1, 0.15) is 0 Å². The molecule has 0 saturated carbocycles. The van der Waals surface area contributed by atoms with Crippen LogP contribution in [0.3, 0.4) is 0 Å². The van der Waals surface area contributed by atoms with E-state index in [-0.39, 0.29) is 33.8 Å². The molecule has 0 fully saturated rings. The Labute approximate surface area is 90.7 Å². The third kappa shape index (κ3) is 8.72. The fourth-order valence-corrected chi connectivity index (χ4v) is 1.87. The van der Waals surface area contributed by atoms with E-state index in [9.17, 15) is 0 Å². The van der Waals surface area contributed by atoms with Crippen LogP contribution in [0, 0.1) is 0 Å². The molecule has 0 unspecified atom stereocenters. The maximum absolute atomic E-state index is 8.74. The van der Waals surface area contributed by atoms with Crippen LogP contribution in [-0.2, 0) is 4.57 Å². The third-order valence-corrected chi connectivity index (χ3v) is 3.26. The number of hydrogen-bond acceptors (Lipinski definition) is 1. The number of rotatable bonds is 1. The second kappa shape index (κ2) is 8.24. The van der Waals surface area contributed by atoms with Crippen molar-refractivity contribution in [2.75, 3.05) is 0 Å². The average molecular weight is 214 g/mol. The van der Waals surface area contributed by atoms with Gasteiger partial charge < -0.3 is 9.79 Å². The quantitative estimate of drug-likeness (QED) is 0.526. The van der Waals surface area contributed by atoms with Gasteiger partial charge in [0.2, 0.25) is 0 Å². The van der Waals surface area contributed by atoms with Crippen LogP contribution in [0.4, 0.5) is 0 Å². The molecule has 2 N–H and O–H groups in total. The molecule has 12 heavy (non-hydrogen) atoms. The van der Waals surface area contributed by atoms with Gasteiger partial charge in [-0.2, -0.15) is 0 Å². The van der Waals surface area contributed by atoms with Crippen molar-refractivity contribution >= 4 is 43.8 Å². The van der Waals surface area contributed by atoms with Gasteiger partial charge in [-0.05, 0) is 0 Å². The van der Waals surface area contributed by atoms with Crippen LogP contribution in [0.5, 0.6) is 0 Å². The minimum atomic E-state index is -3.13. The van der Waals surface area contributed by atoms with E-state index >= 15 is 0 Å². The Morgan fingerprint density at radius 1 is 1.25 bits per heavy atom. The van der Waals surface area contributed by atoms with E-state index < -0.39 is 8.25 Å². The molecule has 1 aromatic rings. The fourth-order valence-electron chi connectivity index (χ4n) is 0.714. The molecule has 0 spiro atoms.